The van der Waals surface area contributed by atoms with Crippen LogP contribution in [-0.2, 0) is 11.2 Å². The Balaban J connectivity index is 0.00000312. The summed E-state index contributed by atoms with van der Waals surface area (Å²) < 4.78 is 0. The smallest absolute Gasteiger partial charge is 0.246 e. The summed E-state index contributed by atoms with van der Waals surface area (Å²) in [5, 5.41) is 5.83. The molecule has 0 heterocycles. The van der Waals surface area contributed by atoms with Crippen LogP contribution in [0.5, 0.6) is 0 Å². The Hall–Kier alpha value is -2.09. The van der Waals surface area contributed by atoms with E-state index in [0.29, 0.717) is 0 Å². The minimum absolute atomic E-state index is 0. The Bertz CT molecular complexity index is 739. The number of nitrogens with one attached hydrogen (secondary N) is 2. The molecule has 0 aliphatic heterocycles. The molecule has 0 saturated carbocycles. The molecule has 25 heavy (non-hydrogen) atoms. The zero-order valence-electron chi connectivity index (χ0n) is 14.8. The molecule has 5 nitrogen and oxygen atoms in total. The summed E-state index contributed by atoms with van der Waals surface area (Å²) in [5.41, 5.74) is 10.9. The number of benzene rings is 2. The third-order valence-electron chi connectivity index (χ3n) is 3.51. The number of carbonyl (C=O) groups excluding carboxylic acids is 1. The van der Waals surface area contributed by atoms with Crippen molar-refractivity contribution in [3.05, 3.63) is 59.2 Å². The first-order chi connectivity index (χ1) is 11.5. The van der Waals surface area contributed by atoms with E-state index in [1.165, 1.54) is 5.56 Å². The van der Waals surface area contributed by atoms with Crippen LogP contribution in [0.2, 0.25) is 0 Å². The lowest BCUT2D eigenvalue weighted by atomic mass is 10.1. The van der Waals surface area contributed by atoms with Crippen molar-refractivity contribution in [3.8, 4) is 0 Å². The third kappa shape index (κ3) is 7.13. The average molecular weight is 452 g/mol. The van der Waals surface area contributed by atoms with Crippen molar-refractivity contribution < 1.29 is 4.79 Å². The van der Waals surface area contributed by atoms with Crippen molar-refractivity contribution in [3.63, 3.8) is 0 Å². The summed E-state index contributed by atoms with van der Waals surface area (Å²) in [5.74, 6) is 0.0193. The van der Waals surface area contributed by atoms with Crippen LogP contribution in [0, 0.1) is 13.8 Å². The number of hydrogen-bond acceptors (Lipinski definition) is 2. The number of halogens is 1. The number of amides is 1. The monoisotopic (exact) mass is 452 g/mol. The number of anilines is 2. The molecule has 4 N–H and O–H groups in total. The highest BCUT2D eigenvalue weighted by atomic mass is 127. The number of nitrogens with zero attached hydrogens (tertiary/aromatic N) is 1. The minimum Gasteiger partial charge on any atom is -0.370 e. The van der Waals surface area contributed by atoms with Crippen molar-refractivity contribution >= 4 is 47.2 Å². The molecule has 0 aliphatic rings. The first-order valence-electron chi connectivity index (χ1n) is 8.00. The van der Waals surface area contributed by atoms with Crippen LogP contribution in [0.4, 0.5) is 11.4 Å². The maximum Gasteiger partial charge on any atom is 0.246 e. The highest BCUT2D eigenvalue weighted by Crippen LogP contribution is 2.13. The van der Waals surface area contributed by atoms with Gasteiger partial charge in [0, 0.05) is 11.4 Å². The van der Waals surface area contributed by atoms with E-state index in [-0.39, 0.29) is 42.4 Å². The Kier molecular flexibility index (Phi) is 8.40. The fraction of sp³-hybridized carbons (Fsp3) is 0.263. The van der Waals surface area contributed by atoms with Gasteiger partial charge in [0.15, 0.2) is 5.96 Å². The van der Waals surface area contributed by atoms with E-state index in [1.54, 1.807) is 0 Å². The average Bonchev–Trinajstić information content (AvgIpc) is 2.52. The van der Waals surface area contributed by atoms with Gasteiger partial charge in [-0.15, -0.1) is 24.0 Å². The lowest BCUT2D eigenvalue weighted by molar-refractivity contribution is -0.114. The van der Waals surface area contributed by atoms with E-state index in [2.05, 4.69) is 28.6 Å². The van der Waals surface area contributed by atoms with Crippen molar-refractivity contribution in [2.24, 2.45) is 10.7 Å². The second kappa shape index (κ2) is 10.0. The SMILES string of the molecule is CCc1cccc(NC(=O)CN=C(N)Nc2cc(C)cc(C)c2)c1.I. The molecule has 134 valence electrons. The fourth-order valence-corrected chi connectivity index (χ4v) is 2.46. The Morgan fingerprint density at radius 1 is 1.04 bits per heavy atom. The molecule has 6 heteroatoms. The molecular formula is C19H25IN4O. The lowest BCUT2D eigenvalue weighted by Crippen LogP contribution is -2.25. The van der Waals surface area contributed by atoms with Crippen LogP contribution in [0.1, 0.15) is 23.6 Å². The third-order valence-corrected chi connectivity index (χ3v) is 3.51. The van der Waals surface area contributed by atoms with Crippen molar-refractivity contribution in [1.29, 1.82) is 0 Å². The molecular weight excluding hydrogens is 427 g/mol. The number of carbonyl (C=O) groups is 1. The van der Waals surface area contributed by atoms with E-state index in [0.717, 1.165) is 28.9 Å². The van der Waals surface area contributed by atoms with Crippen molar-refractivity contribution in [2.75, 3.05) is 17.2 Å². The standard InChI is InChI=1S/C19H24N4O.HI/c1-4-15-6-5-7-16(11-15)22-18(24)12-21-19(20)23-17-9-13(2)8-14(3)10-17;/h5-11H,4,12H2,1-3H3,(H,22,24)(H3,20,21,23);1H. The number of hydrogen-bond donors (Lipinski definition) is 3. The van der Waals surface area contributed by atoms with E-state index in [9.17, 15) is 4.79 Å². The van der Waals surface area contributed by atoms with Gasteiger partial charge in [-0.05, 0) is 61.2 Å². The van der Waals surface area contributed by atoms with Crippen molar-refractivity contribution in [1.82, 2.24) is 0 Å². The molecule has 2 aromatic rings. The van der Waals surface area contributed by atoms with Gasteiger partial charge >= 0.3 is 0 Å². The molecule has 1 amide bonds. The van der Waals surface area contributed by atoms with Crippen LogP contribution >= 0.6 is 24.0 Å². The second-order valence-corrected chi connectivity index (χ2v) is 5.80. The van der Waals surface area contributed by atoms with Gasteiger partial charge in [0.05, 0.1) is 0 Å². The topological polar surface area (TPSA) is 79.5 Å². The van der Waals surface area contributed by atoms with E-state index >= 15 is 0 Å². The van der Waals surface area contributed by atoms with Crippen molar-refractivity contribution in [2.45, 2.75) is 27.2 Å². The summed E-state index contributed by atoms with van der Waals surface area (Å²) in [7, 11) is 0. The Morgan fingerprint density at radius 3 is 2.36 bits per heavy atom. The molecule has 0 atom stereocenters. The fourth-order valence-electron chi connectivity index (χ4n) is 2.46. The molecule has 0 bridgehead atoms. The predicted molar refractivity (Wildman–Crippen MR) is 116 cm³/mol. The number of aliphatic imine (C=N–C) groups is 1. The Labute approximate surface area is 166 Å². The summed E-state index contributed by atoms with van der Waals surface area (Å²) >= 11 is 0. The van der Waals surface area contributed by atoms with E-state index in [1.807, 2.05) is 50.2 Å². The van der Waals surface area contributed by atoms with Gasteiger partial charge in [-0.2, -0.15) is 0 Å². The maximum absolute atomic E-state index is 12.0. The van der Waals surface area contributed by atoms with Crippen LogP contribution < -0.4 is 16.4 Å². The lowest BCUT2D eigenvalue weighted by Gasteiger charge is -2.08. The molecule has 2 rings (SSSR count). The number of rotatable bonds is 5. The van der Waals surface area contributed by atoms with Crippen LogP contribution in [0.3, 0.4) is 0 Å². The molecule has 0 radical (unpaired) electrons. The molecule has 2 aromatic carbocycles. The molecule has 0 fully saturated rings. The molecule has 0 spiro atoms. The zero-order chi connectivity index (χ0) is 17.5. The summed E-state index contributed by atoms with van der Waals surface area (Å²) in [6.45, 7) is 6.08. The van der Waals surface area contributed by atoms with E-state index < -0.39 is 0 Å². The van der Waals surface area contributed by atoms with Crippen LogP contribution in [0.15, 0.2) is 47.5 Å². The van der Waals surface area contributed by atoms with Gasteiger partial charge in [-0.25, -0.2) is 4.99 Å². The molecule has 0 aliphatic carbocycles. The van der Waals surface area contributed by atoms with Gasteiger partial charge < -0.3 is 16.4 Å². The molecule has 0 unspecified atom stereocenters. The first kappa shape index (κ1) is 21.0. The molecule has 0 saturated heterocycles. The maximum atomic E-state index is 12.0. The van der Waals surface area contributed by atoms with Gasteiger partial charge in [-0.3, -0.25) is 4.79 Å². The van der Waals surface area contributed by atoms with Gasteiger partial charge in [0.1, 0.15) is 6.54 Å². The van der Waals surface area contributed by atoms with Crippen LogP contribution in [-0.4, -0.2) is 18.4 Å². The minimum atomic E-state index is -0.201. The highest BCUT2D eigenvalue weighted by Gasteiger charge is 2.03. The van der Waals surface area contributed by atoms with Gasteiger partial charge in [-0.1, -0.05) is 25.1 Å². The number of guanidine groups is 1. The van der Waals surface area contributed by atoms with Gasteiger partial charge in [0.2, 0.25) is 5.91 Å². The summed E-state index contributed by atoms with van der Waals surface area (Å²) in [6, 6.07) is 13.8. The largest absolute Gasteiger partial charge is 0.370 e. The normalized spacial score (nSPS) is 10.8. The second-order valence-electron chi connectivity index (χ2n) is 5.80. The quantitative estimate of drug-likeness (QED) is 0.366. The highest BCUT2D eigenvalue weighted by molar-refractivity contribution is 14.0. The van der Waals surface area contributed by atoms with Crippen LogP contribution in [0.25, 0.3) is 0 Å². The van der Waals surface area contributed by atoms with E-state index in [4.69, 9.17) is 5.73 Å². The summed E-state index contributed by atoms with van der Waals surface area (Å²) in [6.07, 6.45) is 0.925. The molecule has 0 aromatic heterocycles. The zero-order valence-corrected chi connectivity index (χ0v) is 17.1. The number of aryl methyl sites for hydroxylation is 3. The first-order valence-corrected chi connectivity index (χ1v) is 8.00. The predicted octanol–water partition coefficient (Wildman–Crippen LogP) is 3.85. The van der Waals surface area contributed by atoms with Gasteiger partial charge in [0.25, 0.3) is 0 Å². The summed E-state index contributed by atoms with van der Waals surface area (Å²) in [4.78, 5) is 16.1. The number of nitrogens with two attached hydrogens (primary N) is 1. The Morgan fingerprint density at radius 2 is 1.72 bits per heavy atom.